The van der Waals surface area contributed by atoms with E-state index in [-0.39, 0.29) is 10.0 Å². The molecule has 0 unspecified atom stereocenters. The maximum Gasteiger partial charge on any atom is 0.285 e. The smallest absolute Gasteiger partial charge is 0.285 e. The van der Waals surface area contributed by atoms with E-state index in [0.717, 1.165) is 18.2 Å². The molecular weight excluding hydrogens is 259 g/mol. The Morgan fingerprint density at radius 3 is 2.57 bits per heavy atom. The summed E-state index contributed by atoms with van der Waals surface area (Å²) < 4.78 is 39.3. The van der Waals surface area contributed by atoms with E-state index in [1.54, 1.807) is 0 Å². The number of nitrogens with one attached hydrogen (secondary N) is 1. The van der Waals surface area contributed by atoms with Crippen molar-refractivity contribution in [3.63, 3.8) is 0 Å². The molecular formula is C9H9BrF3N. The van der Waals surface area contributed by atoms with E-state index in [1.807, 2.05) is 0 Å². The van der Waals surface area contributed by atoms with Gasteiger partial charge in [-0.1, -0.05) is 6.07 Å². The predicted molar refractivity (Wildman–Crippen MR) is 51.9 cm³/mol. The second kappa shape index (κ2) is 4.31. The van der Waals surface area contributed by atoms with Gasteiger partial charge in [-0.15, -0.1) is 0 Å². The molecule has 0 radical (unpaired) electrons. The molecule has 1 rings (SSSR count). The van der Waals surface area contributed by atoms with Gasteiger partial charge in [-0.25, -0.2) is 4.39 Å². The standard InChI is InChI=1S/C9H9BrF3N/c1-14-5-9(12,13)6-2-3-8(11)7(10)4-6/h2-4,14H,5H2,1H3. The summed E-state index contributed by atoms with van der Waals surface area (Å²) in [6.45, 7) is -0.467. The zero-order valence-electron chi connectivity index (χ0n) is 7.45. The quantitative estimate of drug-likeness (QED) is 0.888. The van der Waals surface area contributed by atoms with Crippen LogP contribution in [0.15, 0.2) is 22.7 Å². The summed E-state index contributed by atoms with van der Waals surface area (Å²) in [5, 5.41) is 2.38. The van der Waals surface area contributed by atoms with E-state index in [2.05, 4.69) is 21.2 Å². The molecule has 0 amide bonds. The molecule has 14 heavy (non-hydrogen) atoms. The largest absolute Gasteiger partial charge is 0.314 e. The van der Waals surface area contributed by atoms with Crippen molar-refractivity contribution in [2.24, 2.45) is 0 Å². The highest BCUT2D eigenvalue weighted by atomic mass is 79.9. The van der Waals surface area contributed by atoms with E-state index in [1.165, 1.54) is 7.05 Å². The maximum atomic E-state index is 13.3. The molecule has 0 fully saturated rings. The van der Waals surface area contributed by atoms with Gasteiger partial charge < -0.3 is 5.32 Å². The average Bonchev–Trinajstić information content (AvgIpc) is 2.09. The van der Waals surface area contributed by atoms with Crippen molar-refractivity contribution in [3.8, 4) is 0 Å². The molecule has 0 heterocycles. The van der Waals surface area contributed by atoms with E-state index in [4.69, 9.17) is 0 Å². The van der Waals surface area contributed by atoms with Gasteiger partial charge in [0.25, 0.3) is 5.92 Å². The van der Waals surface area contributed by atoms with Crippen LogP contribution in [0, 0.1) is 5.82 Å². The molecule has 0 aliphatic heterocycles. The molecule has 0 saturated heterocycles. The minimum atomic E-state index is -2.98. The minimum absolute atomic E-state index is 0.0470. The van der Waals surface area contributed by atoms with Gasteiger partial charge in [0.05, 0.1) is 11.0 Å². The first kappa shape index (κ1) is 11.5. The van der Waals surface area contributed by atoms with E-state index in [9.17, 15) is 13.2 Å². The molecule has 1 aromatic rings. The van der Waals surface area contributed by atoms with E-state index < -0.39 is 18.3 Å². The molecule has 0 saturated carbocycles. The van der Waals surface area contributed by atoms with Gasteiger partial charge in [0.1, 0.15) is 5.82 Å². The van der Waals surface area contributed by atoms with Crippen LogP contribution in [-0.4, -0.2) is 13.6 Å². The lowest BCUT2D eigenvalue weighted by Gasteiger charge is -2.16. The van der Waals surface area contributed by atoms with Crippen molar-refractivity contribution in [1.29, 1.82) is 0 Å². The lowest BCUT2D eigenvalue weighted by molar-refractivity contribution is -0.00136. The van der Waals surface area contributed by atoms with Crippen molar-refractivity contribution >= 4 is 15.9 Å². The molecule has 0 aliphatic carbocycles. The lowest BCUT2D eigenvalue weighted by atomic mass is 10.1. The topological polar surface area (TPSA) is 12.0 Å². The zero-order valence-corrected chi connectivity index (χ0v) is 9.04. The molecule has 1 nitrogen and oxygen atoms in total. The number of alkyl halides is 2. The Hall–Kier alpha value is -0.550. The van der Waals surface area contributed by atoms with Crippen LogP contribution in [0.4, 0.5) is 13.2 Å². The maximum absolute atomic E-state index is 13.3. The van der Waals surface area contributed by atoms with Crippen LogP contribution >= 0.6 is 15.9 Å². The summed E-state index contributed by atoms with van der Waals surface area (Å²) in [6.07, 6.45) is 0. The van der Waals surface area contributed by atoms with Crippen LogP contribution in [0.1, 0.15) is 5.56 Å². The number of likely N-dealkylation sites (N-methyl/N-ethyl adjacent to an activating group) is 1. The van der Waals surface area contributed by atoms with Crippen LogP contribution in [0.5, 0.6) is 0 Å². The highest BCUT2D eigenvalue weighted by molar-refractivity contribution is 9.10. The van der Waals surface area contributed by atoms with E-state index in [0.29, 0.717) is 0 Å². The summed E-state index contributed by atoms with van der Waals surface area (Å²) in [7, 11) is 1.44. The summed E-state index contributed by atoms with van der Waals surface area (Å²) >= 11 is 2.86. The normalized spacial score (nSPS) is 11.8. The minimum Gasteiger partial charge on any atom is -0.314 e. The van der Waals surface area contributed by atoms with Gasteiger partial charge in [0.15, 0.2) is 0 Å². The van der Waals surface area contributed by atoms with Gasteiger partial charge in [0, 0.05) is 5.56 Å². The first-order valence-corrected chi connectivity index (χ1v) is 4.74. The molecule has 1 N–H and O–H groups in total. The van der Waals surface area contributed by atoms with Crippen molar-refractivity contribution in [2.75, 3.05) is 13.6 Å². The fourth-order valence-electron chi connectivity index (χ4n) is 1.05. The Bertz CT molecular complexity index is 328. The highest BCUT2D eigenvalue weighted by Gasteiger charge is 2.30. The van der Waals surface area contributed by atoms with Crippen LogP contribution in [0.2, 0.25) is 0 Å². The van der Waals surface area contributed by atoms with Crippen molar-refractivity contribution < 1.29 is 13.2 Å². The number of rotatable bonds is 3. The second-order valence-electron chi connectivity index (χ2n) is 2.86. The molecule has 0 aromatic heterocycles. The average molecular weight is 268 g/mol. The van der Waals surface area contributed by atoms with Crippen LogP contribution in [0.25, 0.3) is 0 Å². The summed E-state index contributed by atoms with van der Waals surface area (Å²) in [6, 6.07) is 3.19. The number of halogens is 4. The Balaban J connectivity index is 3.01. The highest BCUT2D eigenvalue weighted by Crippen LogP contribution is 2.29. The van der Waals surface area contributed by atoms with Crippen LogP contribution in [-0.2, 0) is 5.92 Å². The fourth-order valence-corrected chi connectivity index (χ4v) is 1.43. The lowest BCUT2D eigenvalue weighted by Crippen LogP contribution is -2.28. The SMILES string of the molecule is CNCC(F)(F)c1ccc(F)c(Br)c1. The van der Waals surface area contributed by atoms with Crippen LogP contribution in [0.3, 0.4) is 0 Å². The Labute approximate surface area is 88.4 Å². The summed E-state index contributed by atoms with van der Waals surface area (Å²) in [5.41, 5.74) is -0.208. The summed E-state index contributed by atoms with van der Waals surface area (Å²) in [4.78, 5) is 0. The molecule has 0 aliphatic rings. The number of hydrogen-bond donors (Lipinski definition) is 1. The fraction of sp³-hybridized carbons (Fsp3) is 0.333. The van der Waals surface area contributed by atoms with Gasteiger partial charge in [-0.3, -0.25) is 0 Å². The third-order valence-corrected chi connectivity index (χ3v) is 2.35. The van der Waals surface area contributed by atoms with Gasteiger partial charge in [-0.2, -0.15) is 8.78 Å². The third kappa shape index (κ3) is 2.48. The third-order valence-electron chi connectivity index (χ3n) is 1.74. The molecule has 0 atom stereocenters. The first-order valence-electron chi connectivity index (χ1n) is 3.95. The van der Waals surface area contributed by atoms with Crippen LogP contribution < -0.4 is 5.32 Å². The van der Waals surface area contributed by atoms with Crippen molar-refractivity contribution in [1.82, 2.24) is 5.32 Å². The number of benzene rings is 1. The zero-order chi connectivity index (χ0) is 10.8. The predicted octanol–water partition coefficient (Wildman–Crippen LogP) is 2.90. The van der Waals surface area contributed by atoms with Gasteiger partial charge in [0.2, 0.25) is 0 Å². The summed E-state index contributed by atoms with van der Waals surface area (Å²) in [5.74, 6) is -3.53. The van der Waals surface area contributed by atoms with Gasteiger partial charge in [-0.05, 0) is 35.1 Å². The second-order valence-corrected chi connectivity index (χ2v) is 3.72. The van der Waals surface area contributed by atoms with Crippen molar-refractivity contribution in [2.45, 2.75) is 5.92 Å². The molecule has 0 bridgehead atoms. The Morgan fingerprint density at radius 2 is 2.07 bits per heavy atom. The van der Waals surface area contributed by atoms with Crippen molar-refractivity contribution in [3.05, 3.63) is 34.1 Å². The van der Waals surface area contributed by atoms with E-state index >= 15 is 0 Å². The number of hydrogen-bond acceptors (Lipinski definition) is 1. The molecule has 1 aromatic carbocycles. The first-order chi connectivity index (χ1) is 6.47. The Morgan fingerprint density at radius 1 is 1.43 bits per heavy atom. The Kier molecular flexibility index (Phi) is 3.55. The van der Waals surface area contributed by atoms with Gasteiger partial charge >= 0.3 is 0 Å². The molecule has 78 valence electrons. The molecule has 0 spiro atoms. The monoisotopic (exact) mass is 267 g/mol. The molecule has 5 heteroatoms.